The van der Waals surface area contributed by atoms with Gasteiger partial charge in [0.05, 0.1) is 17.8 Å². The zero-order valence-corrected chi connectivity index (χ0v) is 13.5. The minimum absolute atomic E-state index is 0.0796. The Morgan fingerprint density at radius 1 is 1.23 bits per heavy atom. The molecule has 8 nitrogen and oxygen atoms in total. The molecule has 2 N–H and O–H groups in total. The molecule has 3 rings (SSSR count). The van der Waals surface area contributed by atoms with Crippen LogP contribution in [0, 0.1) is 5.82 Å². The number of rotatable bonds is 5. The number of carboxylic acids is 1. The van der Waals surface area contributed by atoms with Crippen molar-refractivity contribution in [3.63, 3.8) is 0 Å². The predicted molar refractivity (Wildman–Crippen MR) is 86.8 cm³/mol. The van der Waals surface area contributed by atoms with Gasteiger partial charge in [-0.05, 0) is 31.2 Å². The highest BCUT2D eigenvalue weighted by atomic mass is 19.1. The first-order valence-corrected chi connectivity index (χ1v) is 7.53. The lowest BCUT2D eigenvalue weighted by Crippen LogP contribution is -2.28. The van der Waals surface area contributed by atoms with Crippen molar-refractivity contribution in [2.24, 2.45) is 0 Å². The van der Waals surface area contributed by atoms with Crippen LogP contribution in [0.25, 0.3) is 11.3 Å². The summed E-state index contributed by atoms with van der Waals surface area (Å²) in [7, 11) is 0. The number of aromatic nitrogens is 3. The maximum absolute atomic E-state index is 13.1. The zero-order chi connectivity index (χ0) is 18.7. The highest BCUT2D eigenvalue weighted by Crippen LogP contribution is 2.31. The average Bonchev–Trinajstić information content (AvgIpc) is 3.08. The van der Waals surface area contributed by atoms with Crippen molar-refractivity contribution in [1.82, 2.24) is 20.4 Å². The van der Waals surface area contributed by atoms with Gasteiger partial charge in [0.25, 0.3) is 5.91 Å². The number of halogens is 1. The second-order valence-electron chi connectivity index (χ2n) is 5.37. The third-order valence-electron chi connectivity index (χ3n) is 3.62. The maximum Gasteiger partial charge on any atom is 0.375 e. The van der Waals surface area contributed by atoms with Crippen LogP contribution in [0.3, 0.4) is 0 Å². The van der Waals surface area contributed by atoms with Crippen molar-refractivity contribution in [1.29, 1.82) is 0 Å². The lowest BCUT2D eigenvalue weighted by molar-refractivity contribution is 0.0648. The highest BCUT2D eigenvalue weighted by molar-refractivity contribution is 5.93. The van der Waals surface area contributed by atoms with Crippen molar-refractivity contribution in [3.05, 3.63) is 65.7 Å². The van der Waals surface area contributed by atoms with Gasteiger partial charge in [0.1, 0.15) is 17.2 Å². The predicted octanol–water partition coefficient (Wildman–Crippen LogP) is 2.46. The van der Waals surface area contributed by atoms with Crippen molar-refractivity contribution in [2.75, 3.05) is 0 Å². The normalized spacial score (nSPS) is 11.8. The summed E-state index contributed by atoms with van der Waals surface area (Å²) in [4.78, 5) is 31.4. The molecule has 0 saturated heterocycles. The molecule has 0 aliphatic rings. The molecule has 26 heavy (non-hydrogen) atoms. The van der Waals surface area contributed by atoms with Gasteiger partial charge < -0.3 is 14.9 Å². The smallest absolute Gasteiger partial charge is 0.375 e. The fourth-order valence-corrected chi connectivity index (χ4v) is 2.43. The number of carbonyl (C=O) groups is 2. The zero-order valence-electron chi connectivity index (χ0n) is 13.5. The number of nitrogens with zero attached hydrogens (tertiary/aromatic N) is 3. The van der Waals surface area contributed by atoms with E-state index in [1.807, 2.05) is 0 Å². The average molecular weight is 356 g/mol. The molecule has 0 radical (unpaired) electrons. The summed E-state index contributed by atoms with van der Waals surface area (Å²) in [5.74, 6) is -2.72. The summed E-state index contributed by atoms with van der Waals surface area (Å²) >= 11 is 0. The van der Waals surface area contributed by atoms with Crippen molar-refractivity contribution < 1.29 is 23.6 Å². The first-order chi connectivity index (χ1) is 12.5. The Morgan fingerprint density at radius 2 is 1.96 bits per heavy atom. The first kappa shape index (κ1) is 17.2. The molecule has 2 heterocycles. The molecule has 0 spiro atoms. The van der Waals surface area contributed by atoms with Crippen molar-refractivity contribution in [3.8, 4) is 11.3 Å². The highest BCUT2D eigenvalue weighted by Gasteiger charge is 2.28. The van der Waals surface area contributed by atoms with E-state index in [4.69, 9.17) is 4.52 Å². The summed E-state index contributed by atoms with van der Waals surface area (Å²) in [5, 5.41) is 15.8. The van der Waals surface area contributed by atoms with Gasteiger partial charge in [0.15, 0.2) is 0 Å². The molecule has 1 aromatic carbocycles. The molecule has 1 amide bonds. The van der Waals surface area contributed by atoms with E-state index in [1.54, 1.807) is 6.92 Å². The first-order valence-electron chi connectivity index (χ1n) is 7.53. The number of nitrogens with one attached hydrogen (secondary N) is 1. The quantitative estimate of drug-likeness (QED) is 0.721. The van der Waals surface area contributed by atoms with Crippen LogP contribution >= 0.6 is 0 Å². The Morgan fingerprint density at radius 3 is 2.58 bits per heavy atom. The third-order valence-corrected chi connectivity index (χ3v) is 3.62. The van der Waals surface area contributed by atoms with Crippen LogP contribution in [0.1, 0.15) is 39.6 Å². The summed E-state index contributed by atoms with van der Waals surface area (Å²) in [6, 6.07) is 4.56. The minimum Gasteiger partial charge on any atom is -0.475 e. The number of aromatic carboxylic acids is 1. The van der Waals surface area contributed by atoms with E-state index < -0.39 is 29.5 Å². The molecule has 132 valence electrons. The number of carboxylic acid groups (broad SMARTS) is 1. The van der Waals surface area contributed by atoms with E-state index in [2.05, 4.69) is 20.4 Å². The molecule has 0 bridgehead atoms. The van der Waals surface area contributed by atoms with Gasteiger partial charge in [-0.15, -0.1) is 0 Å². The van der Waals surface area contributed by atoms with Crippen LogP contribution in [0.4, 0.5) is 4.39 Å². The van der Waals surface area contributed by atoms with Crippen molar-refractivity contribution >= 4 is 11.9 Å². The topological polar surface area (TPSA) is 118 Å². The molecule has 0 aliphatic heterocycles. The number of hydrogen-bond acceptors (Lipinski definition) is 6. The maximum atomic E-state index is 13.1. The van der Waals surface area contributed by atoms with Gasteiger partial charge >= 0.3 is 5.97 Å². The Labute approximate surface area is 146 Å². The Balaban J connectivity index is 1.96. The number of amides is 1. The molecule has 0 saturated carbocycles. The van der Waals surface area contributed by atoms with Crippen LogP contribution in [-0.4, -0.2) is 32.1 Å². The van der Waals surface area contributed by atoms with E-state index in [0.717, 1.165) is 0 Å². The summed E-state index contributed by atoms with van der Waals surface area (Å²) in [6.45, 7) is 1.58. The summed E-state index contributed by atoms with van der Waals surface area (Å²) < 4.78 is 18.1. The van der Waals surface area contributed by atoms with Gasteiger partial charge in [-0.3, -0.25) is 9.78 Å². The second-order valence-corrected chi connectivity index (χ2v) is 5.37. The van der Waals surface area contributed by atoms with E-state index in [0.29, 0.717) is 5.56 Å². The molecule has 1 atom stereocenters. The third kappa shape index (κ3) is 3.41. The number of carbonyl (C=O) groups excluding carboxylic acids is 1. The van der Waals surface area contributed by atoms with E-state index in [9.17, 15) is 19.1 Å². The molecule has 0 fully saturated rings. The Kier molecular flexibility index (Phi) is 4.70. The second kappa shape index (κ2) is 7.09. The van der Waals surface area contributed by atoms with Crippen LogP contribution in [-0.2, 0) is 0 Å². The van der Waals surface area contributed by atoms with Crippen molar-refractivity contribution in [2.45, 2.75) is 13.0 Å². The summed E-state index contributed by atoms with van der Waals surface area (Å²) in [6.07, 6.45) is 4.08. The van der Waals surface area contributed by atoms with Crippen LogP contribution in [0.15, 0.2) is 47.4 Å². The van der Waals surface area contributed by atoms with Crippen LogP contribution < -0.4 is 5.32 Å². The van der Waals surface area contributed by atoms with Gasteiger partial charge in [-0.2, -0.15) is 0 Å². The molecular weight excluding hydrogens is 343 g/mol. The molecular formula is C17H13FN4O4. The molecule has 0 aliphatic carbocycles. The monoisotopic (exact) mass is 356 g/mol. The minimum atomic E-state index is -1.33. The van der Waals surface area contributed by atoms with Gasteiger partial charge in [-0.1, -0.05) is 5.16 Å². The lowest BCUT2D eigenvalue weighted by atomic mass is 10.0. The van der Waals surface area contributed by atoms with Gasteiger partial charge in [0, 0.05) is 18.0 Å². The van der Waals surface area contributed by atoms with Gasteiger partial charge in [-0.25, -0.2) is 14.2 Å². The standard InChI is InChI=1S/C17H13FN4O4/c1-9(21-16(23)12-8-19-6-7-20-12)13-14(22-26-15(13)17(24)25)10-2-4-11(18)5-3-10/h2-9H,1H3,(H,21,23)(H,24,25)/t9-/m1/s1. The van der Waals surface area contributed by atoms with E-state index in [-0.39, 0.29) is 17.0 Å². The Hall–Kier alpha value is -3.62. The fourth-order valence-electron chi connectivity index (χ4n) is 2.43. The molecule has 3 aromatic rings. The Bertz CT molecular complexity index is 941. The lowest BCUT2D eigenvalue weighted by Gasteiger charge is -2.14. The molecule has 9 heteroatoms. The fraction of sp³-hybridized carbons (Fsp3) is 0.118. The number of hydrogen-bond donors (Lipinski definition) is 2. The van der Waals surface area contributed by atoms with E-state index >= 15 is 0 Å². The SMILES string of the molecule is C[C@@H](NC(=O)c1cnccn1)c1c(-c2ccc(F)cc2)noc1C(=O)O. The number of benzene rings is 1. The molecule has 0 unspecified atom stereocenters. The van der Waals surface area contributed by atoms with E-state index in [1.165, 1.54) is 42.9 Å². The molecule has 2 aromatic heterocycles. The van der Waals surface area contributed by atoms with Gasteiger partial charge in [0.2, 0.25) is 5.76 Å². The largest absolute Gasteiger partial charge is 0.475 e. The van der Waals surface area contributed by atoms with Crippen LogP contribution in [0.5, 0.6) is 0 Å². The summed E-state index contributed by atoms with van der Waals surface area (Å²) in [5.41, 5.74) is 0.907. The van der Waals surface area contributed by atoms with Crippen LogP contribution in [0.2, 0.25) is 0 Å².